The molecule has 0 saturated heterocycles. The lowest BCUT2D eigenvalue weighted by Gasteiger charge is -2.03. The Morgan fingerprint density at radius 1 is 1.17 bits per heavy atom. The van der Waals surface area contributed by atoms with Crippen LogP contribution in [0.1, 0.15) is 11.1 Å². The number of aryl methyl sites for hydroxylation is 1. The third kappa shape index (κ3) is 3.74. The predicted octanol–water partition coefficient (Wildman–Crippen LogP) is 5.25. The lowest BCUT2D eigenvalue weighted by Crippen LogP contribution is -1.86. The topological polar surface area (TPSA) is 106 Å². The van der Waals surface area contributed by atoms with Gasteiger partial charge >= 0.3 is 0 Å². The van der Waals surface area contributed by atoms with Gasteiger partial charge in [-0.2, -0.15) is 5.11 Å². The second-order valence-electron chi connectivity index (χ2n) is 6.46. The van der Waals surface area contributed by atoms with Gasteiger partial charge in [-0.05, 0) is 47.9 Å². The van der Waals surface area contributed by atoms with Crippen molar-refractivity contribution in [3.05, 3.63) is 59.9 Å². The Morgan fingerprint density at radius 2 is 2.03 bits per heavy atom. The summed E-state index contributed by atoms with van der Waals surface area (Å²) < 4.78 is 5.93. The second-order valence-corrected chi connectivity index (χ2v) is 7.48. The summed E-state index contributed by atoms with van der Waals surface area (Å²) >= 11 is 1.58. The van der Waals surface area contributed by atoms with Crippen LogP contribution in [0.4, 0.5) is 11.5 Å². The molecule has 0 aliphatic rings. The molecule has 2 aromatic carbocycles. The van der Waals surface area contributed by atoms with Crippen LogP contribution in [0, 0.1) is 6.92 Å². The highest BCUT2D eigenvalue weighted by atomic mass is 32.1. The summed E-state index contributed by atoms with van der Waals surface area (Å²) in [4.78, 5) is 9.81. The molecule has 0 atom stereocenters. The van der Waals surface area contributed by atoms with Crippen LogP contribution in [0.2, 0.25) is 0 Å². The van der Waals surface area contributed by atoms with Crippen LogP contribution in [0.25, 0.3) is 20.7 Å². The number of benzene rings is 2. The number of nitrogens with zero attached hydrogens (tertiary/aromatic N) is 4. The number of phenols is 1. The van der Waals surface area contributed by atoms with E-state index in [1.165, 1.54) is 13.4 Å². The zero-order valence-electron chi connectivity index (χ0n) is 16.0. The van der Waals surface area contributed by atoms with Crippen LogP contribution in [0.3, 0.4) is 0 Å². The Kier molecular flexibility index (Phi) is 5.09. The number of anilines is 1. The average Bonchev–Trinajstić information content (AvgIpc) is 3.06. The molecule has 0 aliphatic heterocycles. The molecule has 0 saturated carbocycles. The molecule has 0 radical (unpaired) electrons. The van der Waals surface area contributed by atoms with Crippen LogP contribution >= 0.6 is 11.3 Å². The summed E-state index contributed by atoms with van der Waals surface area (Å²) in [7, 11) is 1.51. The summed E-state index contributed by atoms with van der Waals surface area (Å²) in [5, 5.41) is 18.5. The zero-order chi connectivity index (χ0) is 20.4. The number of rotatable bonds is 5. The molecule has 4 aromatic rings. The number of nitrogens with two attached hydrogens (primary N) is 1. The van der Waals surface area contributed by atoms with Crippen LogP contribution in [-0.2, 0) is 6.54 Å². The molecule has 0 aliphatic carbocycles. The van der Waals surface area contributed by atoms with E-state index in [-0.39, 0.29) is 5.75 Å². The summed E-state index contributed by atoms with van der Waals surface area (Å²) in [6.07, 6.45) is 1.50. The molecule has 3 N–H and O–H groups in total. The van der Waals surface area contributed by atoms with Gasteiger partial charge in [0, 0.05) is 10.6 Å². The summed E-state index contributed by atoms with van der Waals surface area (Å²) in [6, 6.07) is 12.9. The van der Waals surface area contributed by atoms with E-state index in [4.69, 9.17) is 10.5 Å². The molecule has 4 rings (SSSR count). The van der Waals surface area contributed by atoms with Gasteiger partial charge in [0.1, 0.15) is 11.0 Å². The molecule has 2 heterocycles. The van der Waals surface area contributed by atoms with Gasteiger partial charge in [0.05, 0.1) is 19.2 Å². The Hall–Kier alpha value is -3.52. The van der Waals surface area contributed by atoms with Gasteiger partial charge in [-0.15, -0.1) is 16.5 Å². The summed E-state index contributed by atoms with van der Waals surface area (Å²) in [6.45, 7) is 2.35. The van der Waals surface area contributed by atoms with Crippen molar-refractivity contribution in [2.24, 2.45) is 10.2 Å². The summed E-state index contributed by atoms with van der Waals surface area (Å²) in [5.74, 6) is 1.02. The number of methoxy groups -OCH3 is 1. The fourth-order valence-corrected chi connectivity index (χ4v) is 4.24. The van der Waals surface area contributed by atoms with Crippen molar-refractivity contribution >= 4 is 33.1 Å². The Morgan fingerprint density at radius 3 is 2.79 bits per heavy atom. The third-order valence-corrected chi connectivity index (χ3v) is 5.82. The molecule has 29 heavy (non-hydrogen) atoms. The van der Waals surface area contributed by atoms with Gasteiger partial charge < -0.3 is 15.6 Å². The first-order valence-corrected chi connectivity index (χ1v) is 9.72. The maximum Gasteiger partial charge on any atom is 0.195 e. The van der Waals surface area contributed by atoms with Crippen molar-refractivity contribution in [1.82, 2.24) is 9.97 Å². The highest BCUT2D eigenvalue weighted by Crippen LogP contribution is 2.40. The van der Waals surface area contributed by atoms with E-state index in [0.717, 1.165) is 31.8 Å². The molecule has 0 amide bonds. The fraction of sp³-hybridized carbons (Fsp3) is 0.143. The highest BCUT2D eigenvalue weighted by molar-refractivity contribution is 7.23. The lowest BCUT2D eigenvalue weighted by atomic mass is 10.1. The molecule has 146 valence electrons. The Bertz CT molecular complexity index is 1220. The normalized spacial score (nSPS) is 11.4. The van der Waals surface area contributed by atoms with Gasteiger partial charge in [0.15, 0.2) is 17.3 Å². The maximum atomic E-state index is 9.88. The summed E-state index contributed by atoms with van der Waals surface area (Å²) in [5.41, 5.74) is 10.4. The van der Waals surface area contributed by atoms with Gasteiger partial charge in [-0.1, -0.05) is 18.2 Å². The van der Waals surface area contributed by atoms with E-state index in [0.29, 0.717) is 23.8 Å². The number of nitrogen functional groups attached to an aromatic ring is 1. The van der Waals surface area contributed by atoms with Gasteiger partial charge in [0.25, 0.3) is 0 Å². The highest BCUT2D eigenvalue weighted by Gasteiger charge is 2.15. The monoisotopic (exact) mass is 405 g/mol. The van der Waals surface area contributed by atoms with Crippen molar-refractivity contribution < 1.29 is 9.84 Å². The Labute approximate surface area is 171 Å². The van der Waals surface area contributed by atoms with Crippen molar-refractivity contribution in [3.63, 3.8) is 0 Å². The van der Waals surface area contributed by atoms with Crippen LogP contribution in [-0.4, -0.2) is 22.2 Å². The van der Waals surface area contributed by atoms with Crippen molar-refractivity contribution in [1.29, 1.82) is 0 Å². The van der Waals surface area contributed by atoms with E-state index in [9.17, 15) is 5.11 Å². The molecule has 0 fully saturated rings. The van der Waals surface area contributed by atoms with Crippen LogP contribution in [0.5, 0.6) is 11.5 Å². The maximum absolute atomic E-state index is 9.88. The molecule has 2 aromatic heterocycles. The molecular weight excluding hydrogens is 386 g/mol. The fourth-order valence-electron chi connectivity index (χ4n) is 3.06. The number of aromatic nitrogens is 2. The Balaban J connectivity index is 1.65. The number of azo groups is 1. The first-order valence-electron chi connectivity index (χ1n) is 8.90. The van der Waals surface area contributed by atoms with E-state index in [1.807, 2.05) is 37.3 Å². The van der Waals surface area contributed by atoms with E-state index >= 15 is 0 Å². The van der Waals surface area contributed by atoms with Crippen LogP contribution < -0.4 is 10.5 Å². The average molecular weight is 405 g/mol. The molecule has 0 unspecified atom stereocenters. The third-order valence-electron chi connectivity index (χ3n) is 4.50. The molecule has 0 spiro atoms. The minimum atomic E-state index is 0.0743. The number of fused-ring (bicyclic) bond motifs is 1. The van der Waals surface area contributed by atoms with E-state index < -0.39 is 0 Å². The van der Waals surface area contributed by atoms with Crippen molar-refractivity contribution in [2.45, 2.75) is 13.5 Å². The standard InChI is InChI=1S/C21H19N5O2S/c1-12-18-20(29-19(12)14-4-3-5-15(22)9-14)21(24-11-23-18)26-25-10-13-6-7-17(28-2)16(27)8-13/h3-9,11,27H,10,22H2,1-2H3. The van der Waals surface area contributed by atoms with Crippen LogP contribution in [0.15, 0.2) is 59.0 Å². The molecular formula is C21H19N5O2S. The quantitative estimate of drug-likeness (QED) is 0.348. The molecule has 7 nitrogen and oxygen atoms in total. The minimum Gasteiger partial charge on any atom is -0.504 e. The SMILES string of the molecule is COc1ccc(CN=Nc2ncnc3c(C)c(-c4cccc(N)c4)sc23)cc1O. The number of hydrogen-bond acceptors (Lipinski definition) is 8. The zero-order valence-corrected chi connectivity index (χ0v) is 16.8. The number of aromatic hydroxyl groups is 1. The smallest absolute Gasteiger partial charge is 0.195 e. The van der Waals surface area contributed by atoms with Gasteiger partial charge in [-0.3, -0.25) is 0 Å². The molecule has 8 heteroatoms. The first-order chi connectivity index (χ1) is 14.1. The number of thiophene rings is 1. The number of ether oxygens (including phenoxy) is 1. The van der Waals surface area contributed by atoms with Crippen molar-refractivity contribution in [3.8, 4) is 21.9 Å². The molecule has 0 bridgehead atoms. The number of hydrogen-bond donors (Lipinski definition) is 2. The van der Waals surface area contributed by atoms with Gasteiger partial charge in [-0.25, -0.2) is 9.97 Å². The largest absolute Gasteiger partial charge is 0.504 e. The second kappa shape index (κ2) is 7.84. The van der Waals surface area contributed by atoms with Gasteiger partial charge in [0.2, 0.25) is 0 Å². The minimum absolute atomic E-state index is 0.0743. The first kappa shape index (κ1) is 18.8. The number of phenolic OH excluding ortho intramolecular Hbond substituents is 1. The van der Waals surface area contributed by atoms with Crippen molar-refractivity contribution in [2.75, 3.05) is 12.8 Å². The predicted molar refractivity (Wildman–Crippen MR) is 115 cm³/mol. The van der Waals surface area contributed by atoms with E-state index in [1.54, 1.807) is 23.5 Å². The van der Waals surface area contributed by atoms with E-state index in [2.05, 4.69) is 20.2 Å². The lowest BCUT2D eigenvalue weighted by molar-refractivity contribution is 0.373.